The molecule has 1 aliphatic rings. The predicted molar refractivity (Wildman–Crippen MR) is 114 cm³/mol. The number of rotatable bonds is 12. The van der Waals surface area contributed by atoms with Gasteiger partial charge in [-0.25, -0.2) is 9.59 Å². The topological polar surface area (TPSA) is 199 Å². The van der Waals surface area contributed by atoms with Crippen molar-refractivity contribution in [1.29, 1.82) is 0 Å². The van der Waals surface area contributed by atoms with Crippen LogP contribution < -0.4 is 5.32 Å². The first-order chi connectivity index (χ1) is 16.8. The van der Waals surface area contributed by atoms with Crippen molar-refractivity contribution < 1.29 is 67.0 Å². The molecule has 0 radical (unpaired) electrons. The number of ether oxygens (including phenoxy) is 7. The second kappa shape index (κ2) is 14.6. The normalized spacial score (nSPS) is 23.8. The lowest BCUT2D eigenvalue weighted by atomic mass is 9.98. The minimum Gasteiger partial charge on any atom is -0.480 e. The Morgan fingerprint density at radius 3 is 1.94 bits per heavy atom. The molecule has 1 fully saturated rings. The molecule has 6 atom stereocenters. The minimum atomic E-state index is -1.64. The molecule has 0 aromatic carbocycles. The highest BCUT2D eigenvalue weighted by Gasteiger charge is 2.53. The van der Waals surface area contributed by atoms with Gasteiger partial charge in [0.25, 0.3) is 0 Å². The number of carboxylic acid groups (broad SMARTS) is 1. The minimum absolute atomic E-state index is 0.182. The van der Waals surface area contributed by atoms with E-state index in [0.29, 0.717) is 0 Å². The molecular weight excluding hydrogens is 490 g/mol. The first-order valence-corrected chi connectivity index (χ1v) is 10.5. The molecule has 36 heavy (non-hydrogen) atoms. The molecule has 0 aromatic heterocycles. The SMILES string of the molecule is C=CCOC(=O)N[C@@H](CO[C@@H]1O[C@H](COC(C)=O)[C@@H](OC(C)=O)[C@H](OC(C)=O)[C@H]1OC(C)=O)C(=O)O. The van der Waals surface area contributed by atoms with E-state index in [9.17, 15) is 33.9 Å². The van der Waals surface area contributed by atoms with Gasteiger partial charge in [0.05, 0.1) is 6.61 Å². The van der Waals surface area contributed by atoms with Gasteiger partial charge in [0.1, 0.15) is 19.3 Å². The molecule has 1 aliphatic heterocycles. The van der Waals surface area contributed by atoms with E-state index in [-0.39, 0.29) is 6.61 Å². The van der Waals surface area contributed by atoms with Crippen LogP contribution in [0, 0.1) is 0 Å². The summed E-state index contributed by atoms with van der Waals surface area (Å²) in [6, 6.07) is -1.64. The van der Waals surface area contributed by atoms with Crippen molar-refractivity contribution in [2.24, 2.45) is 0 Å². The number of alkyl carbamates (subject to hydrolysis) is 1. The van der Waals surface area contributed by atoms with Crippen LogP contribution in [0.1, 0.15) is 27.7 Å². The average molecular weight is 519 g/mol. The Hall–Kier alpha value is -3.72. The molecule has 0 aliphatic carbocycles. The van der Waals surface area contributed by atoms with Crippen molar-refractivity contribution in [3.8, 4) is 0 Å². The van der Waals surface area contributed by atoms with E-state index in [0.717, 1.165) is 27.7 Å². The van der Waals surface area contributed by atoms with Crippen LogP contribution in [0.5, 0.6) is 0 Å². The molecule has 0 unspecified atom stereocenters. The van der Waals surface area contributed by atoms with E-state index >= 15 is 0 Å². The second-order valence-corrected chi connectivity index (χ2v) is 7.32. The highest BCUT2D eigenvalue weighted by atomic mass is 16.7. The summed E-state index contributed by atoms with van der Waals surface area (Å²) in [7, 11) is 0. The lowest BCUT2D eigenvalue weighted by Crippen LogP contribution is -2.63. The first-order valence-electron chi connectivity index (χ1n) is 10.5. The third-order valence-electron chi connectivity index (χ3n) is 4.30. The van der Waals surface area contributed by atoms with Crippen LogP contribution in [0.2, 0.25) is 0 Å². The summed E-state index contributed by atoms with van der Waals surface area (Å²) in [5.41, 5.74) is 0. The Labute approximate surface area is 205 Å². The molecule has 15 nitrogen and oxygen atoms in total. The summed E-state index contributed by atoms with van der Waals surface area (Å²) < 4.78 is 36.4. The Morgan fingerprint density at radius 1 is 0.889 bits per heavy atom. The van der Waals surface area contributed by atoms with Gasteiger partial charge in [-0.1, -0.05) is 12.7 Å². The highest BCUT2D eigenvalue weighted by molar-refractivity contribution is 5.80. The van der Waals surface area contributed by atoms with Crippen LogP contribution in [0.4, 0.5) is 4.79 Å². The van der Waals surface area contributed by atoms with E-state index in [1.807, 2.05) is 0 Å². The van der Waals surface area contributed by atoms with Crippen molar-refractivity contribution in [3.05, 3.63) is 12.7 Å². The van der Waals surface area contributed by atoms with Crippen molar-refractivity contribution in [3.63, 3.8) is 0 Å². The van der Waals surface area contributed by atoms with Crippen LogP contribution in [0.25, 0.3) is 0 Å². The molecular formula is C21H29NO14. The van der Waals surface area contributed by atoms with Gasteiger partial charge in [0.2, 0.25) is 0 Å². The van der Waals surface area contributed by atoms with Gasteiger partial charge in [-0.2, -0.15) is 0 Å². The lowest BCUT2D eigenvalue weighted by molar-refractivity contribution is -0.308. The van der Waals surface area contributed by atoms with Crippen LogP contribution in [-0.4, -0.2) is 97.6 Å². The molecule has 1 rings (SSSR count). The van der Waals surface area contributed by atoms with Gasteiger partial charge in [-0.15, -0.1) is 0 Å². The maximum absolute atomic E-state index is 11.8. The molecule has 2 N–H and O–H groups in total. The number of nitrogens with one attached hydrogen (secondary N) is 1. The van der Waals surface area contributed by atoms with Crippen LogP contribution in [0.15, 0.2) is 12.7 Å². The smallest absolute Gasteiger partial charge is 0.408 e. The maximum Gasteiger partial charge on any atom is 0.408 e. The number of esters is 4. The quantitative estimate of drug-likeness (QED) is 0.189. The molecule has 0 spiro atoms. The van der Waals surface area contributed by atoms with Gasteiger partial charge in [0.15, 0.2) is 30.6 Å². The lowest BCUT2D eigenvalue weighted by Gasteiger charge is -2.44. The van der Waals surface area contributed by atoms with Gasteiger partial charge in [-0.05, 0) is 0 Å². The summed E-state index contributed by atoms with van der Waals surface area (Å²) in [6.07, 6.45) is -7.16. The van der Waals surface area contributed by atoms with E-state index in [4.69, 9.17) is 28.4 Å². The molecule has 202 valence electrons. The first kappa shape index (κ1) is 30.3. The molecule has 1 amide bonds. The monoisotopic (exact) mass is 519 g/mol. The molecule has 0 saturated carbocycles. The molecule has 0 aromatic rings. The fourth-order valence-corrected chi connectivity index (χ4v) is 3.01. The van der Waals surface area contributed by atoms with Crippen LogP contribution in [0.3, 0.4) is 0 Å². The largest absolute Gasteiger partial charge is 0.480 e. The Kier molecular flexibility index (Phi) is 12.3. The van der Waals surface area contributed by atoms with E-state index in [1.54, 1.807) is 0 Å². The Balaban J connectivity index is 3.26. The second-order valence-electron chi connectivity index (χ2n) is 7.32. The molecule has 15 heteroatoms. The van der Waals surface area contributed by atoms with E-state index in [1.165, 1.54) is 6.08 Å². The number of hydrogen-bond acceptors (Lipinski definition) is 13. The molecule has 1 saturated heterocycles. The average Bonchev–Trinajstić information content (AvgIpc) is 2.76. The fourth-order valence-electron chi connectivity index (χ4n) is 3.01. The Morgan fingerprint density at radius 2 is 1.44 bits per heavy atom. The number of carbonyl (C=O) groups excluding carboxylic acids is 5. The van der Waals surface area contributed by atoms with Crippen LogP contribution >= 0.6 is 0 Å². The standard InChI is InChI=1S/C21H29NO14/c1-6-7-30-21(29)22-14(19(27)28)8-32-20-18(35-13(5)26)17(34-12(4)25)16(33-11(3)24)15(36-20)9-31-10(2)23/h6,14-18,20H,1,7-9H2,2-5H3,(H,22,29)(H,27,28)/t14-,15+,16+,17-,18+,20+/m0/s1. The summed E-state index contributed by atoms with van der Waals surface area (Å²) in [6.45, 7) is 6.20. The summed E-state index contributed by atoms with van der Waals surface area (Å²) in [5, 5.41) is 11.5. The van der Waals surface area contributed by atoms with E-state index in [2.05, 4.69) is 16.6 Å². The third kappa shape index (κ3) is 10.3. The number of aliphatic carboxylic acids is 1. The zero-order chi connectivity index (χ0) is 27.4. The fraction of sp³-hybridized carbons (Fsp3) is 0.619. The number of amides is 1. The van der Waals surface area contributed by atoms with Crippen molar-refractivity contribution in [1.82, 2.24) is 5.32 Å². The van der Waals surface area contributed by atoms with Gasteiger partial charge in [-0.3, -0.25) is 19.2 Å². The Bertz CT molecular complexity index is 842. The number of hydrogen-bond donors (Lipinski definition) is 2. The van der Waals surface area contributed by atoms with Crippen molar-refractivity contribution >= 4 is 35.9 Å². The molecule has 0 bridgehead atoms. The maximum atomic E-state index is 11.8. The summed E-state index contributed by atoms with van der Waals surface area (Å²) >= 11 is 0. The zero-order valence-corrected chi connectivity index (χ0v) is 20.1. The van der Waals surface area contributed by atoms with E-state index < -0.39 is 85.9 Å². The number of carboxylic acids is 1. The third-order valence-corrected chi connectivity index (χ3v) is 4.30. The number of carbonyl (C=O) groups is 6. The molecule has 1 heterocycles. The highest BCUT2D eigenvalue weighted by Crippen LogP contribution is 2.30. The van der Waals surface area contributed by atoms with Gasteiger partial charge in [0, 0.05) is 27.7 Å². The summed E-state index contributed by atoms with van der Waals surface area (Å²) in [5.74, 6) is -4.75. The van der Waals surface area contributed by atoms with Crippen molar-refractivity contribution in [2.45, 2.75) is 64.4 Å². The predicted octanol–water partition coefficient (Wildman–Crippen LogP) is -0.548. The van der Waals surface area contributed by atoms with Crippen molar-refractivity contribution in [2.75, 3.05) is 19.8 Å². The van der Waals surface area contributed by atoms with Gasteiger partial charge < -0.3 is 43.6 Å². The van der Waals surface area contributed by atoms with Crippen LogP contribution in [-0.2, 0) is 57.1 Å². The van der Waals surface area contributed by atoms with Gasteiger partial charge >= 0.3 is 35.9 Å². The zero-order valence-electron chi connectivity index (χ0n) is 20.1. The summed E-state index contributed by atoms with van der Waals surface area (Å²) in [4.78, 5) is 70.0.